The summed E-state index contributed by atoms with van der Waals surface area (Å²) in [4.78, 5) is 1.43. The molecule has 0 saturated carbocycles. The van der Waals surface area contributed by atoms with Gasteiger partial charge in [0, 0.05) is 23.3 Å². The first kappa shape index (κ1) is 16.7. The van der Waals surface area contributed by atoms with Crippen LogP contribution in [-0.2, 0) is 9.05 Å². The number of ether oxygens (including phenoxy) is 1. The number of rotatable bonds is 6. The summed E-state index contributed by atoms with van der Waals surface area (Å²) in [5.74, 6) is -0.680. The normalized spacial score (nSPS) is 11.9. The van der Waals surface area contributed by atoms with Crippen LogP contribution in [0.2, 0.25) is 0 Å². The molecule has 0 unspecified atom stereocenters. The zero-order chi connectivity index (χ0) is 14.6. The van der Waals surface area contributed by atoms with Crippen LogP contribution in [-0.4, -0.2) is 40.6 Å². The highest BCUT2D eigenvalue weighted by Crippen LogP contribution is 2.31. The van der Waals surface area contributed by atoms with Crippen molar-refractivity contribution in [1.82, 2.24) is 4.90 Å². The molecular weight excluding hydrogens is 361 g/mol. The molecule has 0 aliphatic rings. The smallest absolute Gasteiger partial charge is 0.264 e. The van der Waals surface area contributed by atoms with E-state index in [0.29, 0.717) is 11.1 Å². The quantitative estimate of drug-likeness (QED) is 0.567. The van der Waals surface area contributed by atoms with Crippen molar-refractivity contribution in [2.24, 2.45) is 0 Å². The van der Waals surface area contributed by atoms with Crippen LogP contribution in [0.15, 0.2) is 21.5 Å². The molecule has 0 bridgehead atoms. The number of hydrogen-bond donors (Lipinski definition) is 0. The maximum absolute atomic E-state index is 13.6. The minimum absolute atomic E-state index is 0.250. The van der Waals surface area contributed by atoms with Gasteiger partial charge in [-0.25, -0.2) is 12.8 Å². The molecule has 0 radical (unpaired) electrons. The zero-order valence-corrected chi connectivity index (χ0v) is 13.6. The van der Waals surface area contributed by atoms with E-state index in [1.54, 1.807) is 0 Å². The summed E-state index contributed by atoms with van der Waals surface area (Å²) in [7, 11) is 4.89. The van der Waals surface area contributed by atoms with Crippen molar-refractivity contribution in [2.45, 2.75) is 11.3 Å². The zero-order valence-electron chi connectivity index (χ0n) is 10.5. The number of halogens is 3. The molecule has 0 amide bonds. The second-order valence-electron chi connectivity index (χ2n) is 4.16. The van der Waals surface area contributed by atoms with E-state index in [1.807, 2.05) is 19.0 Å². The highest BCUT2D eigenvalue weighted by atomic mass is 79.9. The summed E-state index contributed by atoms with van der Waals surface area (Å²) in [6.07, 6.45) is 0.774. The fourth-order valence-electron chi connectivity index (χ4n) is 1.37. The van der Waals surface area contributed by atoms with Gasteiger partial charge in [-0.2, -0.15) is 0 Å². The van der Waals surface area contributed by atoms with Gasteiger partial charge in [0.1, 0.15) is 16.5 Å². The molecule has 1 aromatic rings. The Kier molecular flexibility index (Phi) is 6.04. The van der Waals surface area contributed by atoms with Crippen LogP contribution in [0.25, 0.3) is 0 Å². The topological polar surface area (TPSA) is 46.6 Å². The number of benzene rings is 1. The van der Waals surface area contributed by atoms with Gasteiger partial charge in [0.2, 0.25) is 0 Å². The molecule has 19 heavy (non-hydrogen) atoms. The maximum Gasteiger partial charge on any atom is 0.264 e. The number of hydrogen-bond acceptors (Lipinski definition) is 4. The Balaban J connectivity index is 2.80. The van der Waals surface area contributed by atoms with Crippen LogP contribution < -0.4 is 4.74 Å². The highest BCUT2D eigenvalue weighted by Gasteiger charge is 2.19. The Morgan fingerprint density at radius 3 is 2.58 bits per heavy atom. The summed E-state index contributed by atoms with van der Waals surface area (Å²) >= 11 is 3.13. The van der Waals surface area contributed by atoms with Crippen molar-refractivity contribution in [3.8, 4) is 5.75 Å². The molecule has 0 N–H and O–H groups in total. The molecule has 4 nitrogen and oxygen atoms in total. The molecule has 1 rings (SSSR count). The van der Waals surface area contributed by atoms with Gasteiger partial charge in [0.25, 0.3) is 9.05 Å². The lowest BCUT2D eigenvalue weighted by molar-refractivity contribution is 0.279. The van der Waals surface area contributed by atoms with Crippen LogP contribution in [0, 0.1) is 5.82 Å². The summed E-state index contributed by atoms with van der Waals surface area (Å²) in [5, 5.41) is 0. The van der Waals surface area contributed by atoms with E-state index in [2.05, 4.69) is 15.9 Å². The van der Waals surface area contributed by atoms with Gasteiger partial charge < -0.3 is 9.64 Å². The molecule has 0 aliphatic heterocycles. The van der Waals surface area contributed by atoms with E-state index in [0.717, 1.165) is 25.1 Å². The molecular formula is C11H14BrClFNO3S. The van der Waals surface area contributed by atoms with Crippen molar-refractivity contribution >= 4 is 35.7 Å². The predicted molar refractivity (Wildman–Crippen MR) is 75.8 cm³/mol. The SMILES string of the molecule is CN(C)CCCOc1cc(F)c(S(=O)(=O)Cl)cc1Br. The van der Waals surface area contributed by atoms with Crippen LogP contribution >= 0.6 is 26.6 Å². The second kappa shape index (κ2) is 6.88. The first-order valence-electron chi connectivity index (χ1n) is 5.43. The van der Waals surface area contributed by atoms with Crippen molar-refractivity contribution < 1.29 is 17.5 Å². The largest absolute Gasteiger partial charge is 0.492 e. The molecule has 0 spiro atoms. The van der Waals surface area contributed by atoms with Crippen molar-refractivity contribution in [3.63, 3.8) is 0 Å². The lowest BCUT2D eigenvalue weighted by Crippen LogP contribution is -2.15. The number of nitrogens with zero attached hydrogens (tertiary/aromatic N) is 1. The van der Waals surface area contributed by atoms with Crippen LogP contribution in [0.3, 0.4) is 0 Å². The summed E-state index contributed by atoms with van der Waals surface area (Å²) in [6.45, 7) is 1.25. The van der Waals surface area contributed by atoms with Gasteiger partial charge in [0.05, 0.1) is 11.1 Å². The van der Waals surface area contributed by atoms with Gasteiger partial charge in [-0.15, -0.1) is 0 Å². The van der Waals surface area contributed by atoms with E-state index in [9.17, 15) is 12.8 Å². The molecule has 108 valence electrons. The predicted octanol–water partition coefficient (Wildman–Crippen LogP) is 2.85. The summed E-state index contributed by atoms with van der Waals surface area (Å²) in [6, 6.07) is 2.11. The third-order valence-corrected chi connectivity index (χ3v) is 4.21. The molecule has 0 aromatic heterocycles. The average Bonchev–Trinajstić information content (AvgIpc) is 2.26. The first-order chi connectivity index (χ1) is 8.71. The molecule has 0 atom stereocenters. The Bertz CT molecular complexity index is 551. The Labute approximate surface area is 125 Å². The molecule has 1 aromatic carbocycles. The van der Waals surface area contributed by atoms with E-state index < -0.39 is 19.8 Å². The van der Waals surface area contributed by atoms with E-state index >= 15 is 0 Å². The van der Waals surface area contributed by atoms with Crippen LogP contribution in [0.5, 0.6) is 5.75 Å². The molecule has 0 saturated heterocycles. The molecule has 0 heterocycles. The van der Waals surface area contributed by atoms with Gasteiger partial charge >= 0.3 is 0 Å². The fraction of sp³-hybridized carbons (Fsp3) is 0.455. The van der Waals surface area contributed by atoms with E-state index in [4.69, 9.17) is 15.4 Å². The highest BCUT2D eigenvalue weighted by molar-refractivity contribution is 9.10. The first-order valence-corrected chi connectivity index (χ1v) is 8.53. The van der Waals surface area contributed by atoms with Gasteiger partial charge in [-0.1, -0.05) is 0 Å². The second-order valence-corrected chi connectivity index (χ2v) is 7.54. The monoisotopic (exact) mass is 373 g/mol. The van der Waals surface area contributed by atoms with Crippen molar-refractivity contribution in [2.75, 3.05) is 27.2 Å². The van der Waals surface area contributed by atoms with Crippen LogP contribution in [0.4, 0.5) is 4.39 Å². The Hall–Kier alpha value is -0.370. The fourth-order valence-corrected chi connectivity index (χ4v) is 2.89. The minimum atomic E-state index is -4.10. The van der Waals surface area contributed by atoms with Crippen molar-refractivity contribution in [1.29, 1.82) is 0 Å². The Morgan fingerprint density at radius 2 is 2.05 bits per heavy atom. The van der Waals surface area contributed by atoms with Gasteiger partial charge in [-0.05, 0) is 42.5 Å². The minimum Gasteiger partial charge on any atom is -0.492 e. The lowest BCUT2D eigenvalue weighted by atomic mass is 10.3. The standard InChI is InChI=1S/C11H14BrClFNO3S/c1-15(2)4-3-5-18-10-7-9(14)11(6-8(10)12)19(13,16)17/h6-7H,3-5H2,1-2H3. The lowest BCUT2D eigenvalue weighted by Gasteiger charge is -2.12. The third kappa shape index (κ3) is 5.25. The summed E-state index contributed by atoms with van der Waals surface area (Å²) < 4.78 is 41.5. The van der Waals surface area contributed by atoms with E-state index in [1.165, 1.54) is 0 Å². The van der Waals surface area contributed by atoms with Gasteiger partial charge in [-0.3, -0.25) is 0 Å². The molecule has 8 heteroatoms. The molecule has 0 fully saturated rings. The van der Waals surface area contributed by atoms with E-state index in [-0.39, 0.29) is 5.75 Å². The third-order valence-electron chi connectivity index (χ3n) is 2.26. The summed E-state index contributed by atoms with van der Waals surface area (Å²) in [5.41, 5.74) is 0. The average molecular weight is 375 g/mol. The Morgan fingerprint density at radius 1 is 1.42 bits per heavy atom. The van der Waals surface area contributed by atoms with Crippen molar-refractivity contribution in [3.05, 3.63) is 22.4 Å². The molecule has 0 aliphatic carbocycles. The van der Waals surface area contributed by atoms with Crippen LogP contribution in [0.1, 0.15) is 6.42 Å². The van der Waals surface area contributed by atoms with Gasteiger partial charge in [0.15, 0.2) is 0 Å². The maximum atomic E-state index is 13.6.